The first-order valence-corrected chi connectivity index (χ1v) is 7.27. The number of halogens is 2. The number of alkyl halides is 2. The van der Waals surface area contributed by atoms with Crippen molar-refractivity contribution in [3.05, 3.63) is 29.8 Å². The maximum Gasteiger partial charge on any atom is 0.387 e. The lowest BCUT2D eigenvalue weighted by Gasteiger charge is -2.25. The number of rotatable bonds is 3. The average molecular weight is 277 g/mol. The molecule has 1 fully saturated rings. The summed E-state index contributed by atoms with van der Waals surface area (Å²) in [6.45, 7) is -2.61. The second-order valence-electron chi connectivity index (χ2n) is 4.04. The lowest BCUT2D eigenvalue weighted by Crippen LogP contribution is -2.39. The molecule has 100 valence electrons. The first-order valence-electron chi connectivity index (χ1n) is 5.45. The lowest BCUT2D eigenvalue weighted by molar-refractivity contribution is -0.0506. The quantitative estimate of drug-likeness (QED) is 0.906. The van der Waals surface area contributed by atoms with Crippen LogP contribution in [0.15, 0.2) is 24.3 Å². The minimum Gasteiger partial charge on any atom is -0.434 e. The molecule has 0 bridgehead atoms. The highest BCUT2D eigenvalue weighted by Crippen LogP contribution is 2.28. The van der Waals surface area contributed by atoms with Crippen molar-refractivity contribution in [2.75, 3.05) is 18.1 Å². The number of hydrogen-bond acceptors (Lipinski definition) is 4. The van der Waals surface area contributed by atoms with Crippen LogP contribution in [0.1, 0.15) is 11.6 Å². The van der Waals surface area contributed by atoms with E-state index in [9.17, 15) is 17.2 Å². The lowest BCUT2D eigenvalue weighted by atomic mass is 10.1. The van der Waals surface area contributed by atoms with Crippen molar-refractivity contribution >= 4 is 9.84 Å². The van der Waals surface area contributed by atoms with Gasteiger partial charge < -0.3 is 10.1 Å². The van der Waals surface area contributed by atoms with Crippen LogP contribution >= 0.6 is 0 Å². The highest BCUT2D eigenvalue weighted by atomic mass is 32.2. The topological polar surface area (TPSA) is 55.4 Å². The SMILES string of the molecule is O=S1(=O)CCNC(c2ccccc2OC(F)F)C1. The molecule has 0 spiro atoms. The molecular formula is C11H13F2NO3S. The van der Waals surface area contributed by atoms with Crippen molar-refractivity contribution in [2.24, 2.45) is 0 Å². The fourth-order valence-electron chi connectivity index (χ4n) is 1.96. The largest absolute Gasteiger partial charge is 0.434 e. The van der Waals surface area contributed by atoms with Crippen LogP contribution < -0.4 is 10.1 Å². The Hall–Kier alpha value is -1.21. The molecule has 1 unspecified atom stereocenters. The van der Waals surface area contributed by atoms with Crippen molar-refractivity contribution in [2.45, 2.75) is 12.7 Å². The molecule has 1 atom stereocenters. The second kappa shape index (κ2) is 5.19. The van der Waals surface area contributed by atoms with Gasteiger partial charge in [-0.3, -0.25) is 0 Å². The van der Waals surface area contributed by atoms with E-state index >= 15 is 0 Å². The molecule has 2 rings (SSSR count). The maximum absolute atomic E-state index is 12.3. The van der Waals surface area contributed by atoms with Gasteiger partial charge in [-0.25, -0.2) is 8.42 Å². The van der Waals surface area contributed by atoms with Gasteiger partial charge in [0.25, 0.3) is 0 Å². The third kappa shape index (κ3) is 3.17. The number of ether oxygens (including phenoxy) is 1. The van der Waals surface area contributed by atoms with E-state index in [4.69, 9.17) is 0 Å². The first kappa shape index (κ1) is 13.2. The molecule has 1 aliphatic rings. The Kier molecular flexibility index (Phi) is 3.82. The van der Waals surface area contributed by atoms with Gasteiger partial charge in [0.1, 0.15) is 5.75 Å². The number of nitrogens with one attached hydrogen (secondary N) is 1. The molecule has 7 heteroatoms. The Morgan fingerprint density at radius 1 is 1.33 bits per heavy atom. The van der Waals surface area contributed by atoms with E-state index in [1.54, 1.807) is 18.2 Å². The van der Waals surface area contributed by atoms with Crippen molar-refractivity contribution < 1.29 is 21.9 Å². The normalized spacial score (nSPS) is 22.9. The van der Waals surface area contributed by atoms with Crippen molar-refractivity contribution in [3.8, 4) is 5.75 Å². The summed E-state index contributed by atoms with van der Waals surface area (Å²) in [5.74, 6) is -0.0139. The number of benzene rings is 1. The van der Waals surface area contributed by atoms with Crippen LogP contribution in [-0.2, 0) is 9.84 Å². The molecule has 0 aliphatic carbocycles. The smallest absolute Gasteiger partial charge is 0.387 e. The maximum atomic E-state index is 12.3. The Bertz CT molecular complexity index is 519. The molecule has 0 amide bonds. The molecule has 18 heavy (non-hydrogen) atoms. The van der Waals surface area contributed by atoms with Gasteiger partial charge in [0, 0.05) is 18.2 Å². The average Bonchev–Trinajstić information content (AvgIpc) is 2.27. The zero-order valence-corrected chi connectivity index (χ0v) is 10.3. The van der Waals surface area contributed by atoms with Gasteiger partial charge in [0.2, 0.25) is 0 Å². The summed E-state index contributed by atoms with van der Waals surface area (Å²) in [7, 11) is -3.13. The van der Waals surface area contributed by atoms with Crippen LogP contribution in [0.5, 0.6) is 5.75 Å². The molecule has 1 aromatic rings. The Morgan fingerprint density at radius 3 is 2.72 bits per heavy atom. The summed E-state index contributed by atoms with van der Waals surface area (Å²) in [5.41, 5.74) is 0.445. The van der Waals surface area contributed by atoms with E-state index in [1.807, 2.05) is 0 Å². The third-order valence-electron chi connectivity index (χ3n) is 2.73. The van der Waals surface area contributed by atoms with E-state index in [2.05, 4.69) is 10.1 Å². The van der Waals surface area contributed by atoms with E-state index in [1.165, 1.54) is 6.07 Å². The second-order valence-corrected chi connectivity index (χ2v) is 6.27. The highest BCUT2D eigenvalue weighted by molar-refractivity contribution is 7.91. The van der Waals surface area contributed by atoms with Crippen LogP contribution in [0, 0.1) is 0 Å². The van der Waals surface area contributed by atoms with Crippen molar-refractivity contribution in [3.63, 3.8) is 0 Å². The summed E-state index contributed by atoms with van der Waals surface area (Å²) in [4.78, 5) is 0. The van der Waals surface area contributed by atoms with Crippen molar-refractivity contribution in [1.29, 1.82) is 0 Å². The molecule has 0 aromatic heterocycles. The Labute approximate surface area is 104 Å². The van der Waals surface area contributed by atoms with Crippen molar-refractivity contribution in [1.82, 2.24) is 5.32 Å². The van der Waals surface area contributed by atoms with E-state index in [-0.39, 0.29) is 17.3 Å². The summed E-state index contributed by atoms with van der Waals surface area (Å²) in [5, 5.41) is 3.00. The fourth-order valence-corrected chi connectivity index (χ4v) is 3.36. The fraction of sp³-hybridized carbons (Fsp3) is 0.455. The summed E-state index contributed by atoms with van der Waals surface area (Å²) in [6.07, 6.45) is 0. The zero-order chi connectivity index (χ0) is 13.2. The van der Waals surface area contributed by atoms with E-state index in [0.717, 1.165) is 0 Å². The molecule has 1 saturated heterocycles. The Balaban J connectivity index is 2.27. The molecule has 1 aromatic carbocycles. The molecule has 0 saturated carbocycles. The molecule has 1 aliphatic heterocycles. The van der Waals surface area contributed by atoms with Crippen LogP contribution in [0.2, 0.25) is 0 Å². The highest BCUT2D eigenvalue weighted by Gasteiger charge is 2.27. The summed E-state index contributed by atoms with van der Waals surface area (Å²) < 4.78 is 52.0. The van der Waals surface area contributed by atoms with Gasteiger partial charge in [-0.15, -0.1) is 0 Å². The number of hydrogen-bond donors (Lipinski definition) is 1. The molecule has 4 nitrogen and oxygen atoms in total. The molecule has 1 N–H and O–H groups in total. The van der Waals surface area contributed by atoms with Gasteiger partial charge in [-0.05, 0) is 6.07 Å². The predicted molar refractivity (Wildman–Crippen MR) is 62.5 cm³/mol. The summed E-state index contributed by atoms with van der Waals surface area (Å²) >= 11 is 0. The van der Waals surface area contributed by atoms with Gasteiger partial charge in [-0.2, -0.15) is 8.78 Å². The van der Waals surface area contributed by atoms with Crippen LogP contribution in [0.4, 0.5) is 8.78 Å². The minimum atomic E-state index is -3.13. The van der Waals surface area contributed by atoms with E-state index in [0.29, 0.717) is 12.1 Å². The molecule has 1 heterocycles. The van der Waals surface area contributed by atoms with Gasteiger partial charge >= 0.3 is 6.61 Å². The number of sulfone groups is 1. The molecular weight excluding hydrogens is 264 g/mol. The standard InChI is InChI=1S/C11H13F2NO3S/c12-11(13)17-10-4-2-1-3-8(10)9-7-18(15,16)6-5-14-9/h1-4,9,11,14H,5-7H2. The predicted octanol–water partition coefficient (Wildman–Crippen LogP) is 1.35. The monoisotopic (exact) mass is 277 g/mol. The number of para-hydroxylation sites is 1. The zero-order valence-electron chi connectivity index (χ0n) is 9.47. The minimum absolute atomic E-state index is 0.0158. The first-order chi connectivity index (χ1) is 8.48. The Morgan fingerprint density at radius 2 is 2.06 bits per heavy atom. The van der Waals surface area contributed by atoms with E-state index < -0.39 is 22.5 Å². The molecule has 0 radical (unpaired) electrons. The van der Waals surface area contributed by atoms with Gasteiger partial charge in [0.15, 0.2) is 9.84 Å². The third-order valence-corrected chi connectivity index (χ3v) is 4.40. The van der Waals surface area contributed by atoms with Crippen LogP contribution in [-0.4, -0.2) is 33.1 Å². The van der Waals surface area contributed by atoms with Crippen LogP contribution in [0.25, 0.3) is 0 Å². The van der Waals surface area contributed by atoms with Crippen LogP contribution in [0.3, 0.4) is 0 Å². The van der Waals surface area contributed by atoms with Gasteiger partial charge in [0.05, 0.1) is 11.5 Å². The summed E-state index contributed by atoms with van der Waals surface area (Å²) in [6, 6.07) is 5.73. The van der Waals surface area contributed by atoms with Gasteiger partial charge in [-0.1, -0.05) is 18.2 Å².